The highest BCUT2D eigenvalue weighted by Crippen LogP contribution is 2.40. The first kappa shape index (κ1) is 31.9. The van der Waals surface area contributed by atoms with Crippen LogP contribution in [0.25, 0.3) is 11.0 Å². The van der Waals surface area contributed by atoms with E-state index in [1.807, 2.05) is 11.9 Å². The third-order valence-electron chi connectivity index (χ3n) is 6.89. The molecule has 3 aromatic rings. The molecule has 45 heavy (non-hydrogen) atoms. The van der Waals surface area contributed by atoms with Gasteiger partial charge in [-0.05, 0) is 6.92 Å². The van der Waals surface area contributed by atoms with Crippen molar-refractivity contribution in [2.75, 3.05) is 36.5 Å². The van der Waals surface area contributed by atoms with Crippen LogP contribution < -0.4 is 31.4 Å². The fourth-order valence-electron chi connectivity index (χ4n) is 4.62. The van der Waals surface area contributed by atoms with E-state index in [0.29, 0.717) is 30.1 Å². The summed E-state index contributed by atoms with van der Waals surface area (Å²) >= 11 is 8.25. The standard InChI is InChI=1S/C25H27ClN10O7S2/c1-10(22(39)40)43-33-15(14-18(26)45-24(28)32-14)19(37)31-16-20(38)36-17(23(41)42)11(9-44-21(16)36)7-35-5-3-12-13(8-35)30-25(29-12)34(2)6-4-27/h3,5,8,10,16,21H,4,6-7,9,27H2,1-2H3,(H5,28,31,32,37,39,40,41,42)/b33-15-/t10-,16+,21?/m0/s1. The molecular formula is C25H27ClN10O7S2. The molecule has 7 N–H and O–H groups in total. The summed E-state index contributed by atoms with van der Waals surface area (Å²) in [6, 6.07) is 0.639. The molecule has 0 aromatic carbocycles. The largest absolute Gasteiger partial charge is 0.543 e. The molecule has 0 aliphatic carbocycles. The molecule has 5 heterocycles. The number of hydrogen-bond donors (Lipinski definition) is 5. The number of aromatic nitrogens is 4. The van der Waals surface area contributed by atoms with E-state index in [4.69, 9.17) is 33.0 Å². The number of aromatic amines is 1. The van der Waals surface area contributed by atoms with Gasteiger partial charge in [-0.3, -0.25) is 14.5 Å². The molecule has 2 aliphatic heterocycles. The lowest BCUT2D eigenvalue weighted by Gasteiger charge is -2.50. The van der Waals surface area contributed by atoms with Crippen molar-refractivity contribution in [3.8, 4) is 0 Å². The van der Waals surface area contributed by atoms with Crippen molar-refractivity contribution in [1.29, 1.82) is 0 Å². The Morgan fingerprint density at radius 2 is 2.18 bits per heavy atom. The number of thioether (sulfide) groups is 1. The number of nitrogens with two attached hydrogens (primary N) is 2. The first-order valence-electron chi connectivity index (χ1n) is 13.3. The summed E-state index contributed by atoms with van der Waals surface area (Å²) in [6.07, 6.45) is 2.11. The third kappa shape index (κ3) is 6.37. The molecule has 17 nitrogen and oxygen atoms in total. The highest BCUT2D eigenvalue weighted by atomic mass is 35.5. The number of halogens is 1. The summed E-state index contributed by atoms with van der Waals surface area (Å²) in [4.78, 5) is 69.6. The van der Waals surface area contributed by atoms with Gasteiger partial charge in [-0.2, -0.15) is 4.57 Å². The van der Waals surface area contributed by atoms with Gasteiger partial charge < -0.3 is 46.5 Å². The van der Waals surface area contributed by atoms with Gasteiger partial charge in [0.05, 0.1) is 11.7 Å². The Balaban J connectivity index is 1.35. The Hall–Kier alpha value is -4.46. The van der Waals surface area contributed by atoms with E-state index in [2.05, 4.69) is 25.4 Å². The van der Waals surface area contributed by atoms with E-state index < -0.39 is 47.0 Å². The first-order chi connectivity index (χ1) is 21.4. The number of hydrogen-bond acceptors (Lipinski definition) is 14. The van der Waals surface area contributed by atoms with Crippen molar-refractivity contribution in [1.82, 2.24) is 25.2 Å². The van der Waals surface area contributed by atoms with E-state index in [1.54, 1.807) is 23.0 Å². The number of aliphatic carboxylic acids is 2. The van der Waals surface area contributed by atoms with Crippen molar-refractivity contribution in [2.24, 2.45) is 10.9 Å². The van der Waals surface area contributed by atoms with E-state index in [9.17, 15) is 24.3 Å². The number of oxime groups is 1. The molecule has 1 unspecified atom stereocenters. The monoisotopic (exact) mass is 678 g/mol. The number of carboxylic acid groups (broad SMARTS) is 2. The number of nitrogens with one attached hydrogen (secondary N) is 2. The van der Waals surface area contributed by atoms with Gasteiger partial charge in [0.25, 0.3) is 11.8 Å². The zero-order valence-corrected chi connectivity index (χ0v) is 26.1. The van der Waals surface area contributed by atoms with Gasteiger partial charge in [0.1, 0.15) is 32.5 Å². The van der Waals surface area contributed by atoms with Crippen molar-refractivity contribution < 1.29 is 38.8 Å². The number of thiazole rings is 1. The molecule has 1 fully saturated rings. The van der Waals surface area contributed by atoms with E-state index in [0.717, 1.165) is 21.8 Å². The predicted octanol–water partition coefficient (Wildman–Crippen LogP) is -1.76. The predicted molar refractivity (Wildman–Crippen MR) is 162 cm³/mol. The van der Waals surface area contributed by atoms with Gasteiger partial charge in [0, 0.05) is 37.5 Å². The Morgan fingerprint density at radius 1 is 1.42 bits per heavy atom. The average Bonchev–Trinajstić information content (AvgIpc) is 3.57. The van der Waals surface area contributed by atoms with Crippen LogP contribution in [-0.4, -0.2) is 97.8 Å². The first-order valence-corrected chi connectivity index (χ1v) is 15.5. The van der Waals surface area contributed by atoms with Crippen molar-refractivity contribution in [3.63, 3.8) is 0 Å². The smallest absolute Gasteiger partial charge is 0.347 e. The SMILES string of the molecule is C[C@H](O/N=C(\C(=O)N[C@@H]1C(=O)N2C(C(=O)[O-])=C(C[n+]3ccc4nc(N(C)CCN)[nH]c4c3)CSC12)c1nc(N)sc1Cl)C(=O)O. The van der Waals surface area contributed by atoms with Crippen LogP contribution in [0.5, 0.6) is 0 Å². The second kappa shape index (κ2) is 12.9. The van der Waals surface area contributed by atoms with Gasteiger partial charge in [0.2, 0.25) is 12.1 Å². The molecule has 2 aliphatic rings. The fourth-order valence-corrected chi connectivity index (χ4v) is 6.89. The third-order valence-corrected chi connectivity index (χ3v) is 9.31. The number of nitrogen functional groups attached to an aromatic ring is 1. The molecule has 3 aromatic heterocycles. The number of carbonyl (C=O) groups is 4. The highest BCUT2D eigenvalue weighted by molar-refractivity contribution is 8.00. The summed E-state index contributed by atoms with van der Waals surface area (Å²) in [5.74, 6) is -3.67. The second-order valence-corrected chi connectivity index (χ2v) is 12.7. The average molecular weight is 679 g/mol. The van der Waals surface area contributed by atoms with Gasteiger partial charge in [-0.25, -0.2) is 14.8 Å². The molecule has 0 spiro atoms. The summed E-state index contributed by atoms with van der Waals surface area (Å²) in [6.45, 7) is 2.40. The van der Waals surface area contributed by atoms with Crippen LogP contribution in [0, 0.1) is 0 Å². The lowest BCUT2D eigenvalue weighted by molar-refractivity contribution is -0.687. The van der Waals surface area contributed by atoms with Gasteiger partial charge in [-0.15, -0.1) is 11.8 Å². The quantitative estimate of drug-likeness (QED) is 0.0617. The van der Waals surface area contributed by atoms with Crippen LogP contribution in [0.4, 0.5) is 11.1 Å². The Morgan fingerprint density at radius 3 is 2.82 bits per heavy atom. The van der Waals surface area contributed by atoms with E-state index in [-0.39, 0.29) is 33.2 Å². The Bertz CT molecular complexity index is 1760. The number of imidazole rings is 1. The molecular weight excluding hydrogens is 652 g/mol. The molecule has 0 bridgehead atoms. The zero-order chi connectivity index (χ0) is 32.6. The number of nitrogens with zero attached hydrogens (tertiary/aromatic N) is 6. The number of H-pyrrole nitrogens is 1. The van der Waals surface area contributed by atoms with Crippen LogP contribution in [0.1, 0.15) is 12.6 Å². The summed E-state index contributed by atoms with van der Waals surface area (Å²) < 4.78 is 1.75. The summed E-state index contributed by atoms with van der Waals surface area (Å²) in [7, 11) is 1.86. The maximum absolute atomic E-state index is 13.3. The van der Waals surface area contributed by atoms with Gasteiger partial charge in [-0.1, -0.05) is 28.1 Å². The molecule has 5 rings (SSSR count). The van der Waals surface area contributed by atoms with E-state index in [1.165, 1.54) is 18.7 Å². The molecule has 238 valence electrons. The minimum Gasteiger partial charge on any atom is -0.543 e. The van der Waals surface area contributed by atoms with Crippen LogP contribution in [0.2, 0.25) is 4.34 Å². The Labute approximate surface area is 267 Å². The minimum absolute atomic E-state index is 0.00991. The number of pyridine rings is 1. The maximum atomic E-state index is 13.3. The number of rotatable bonds is 12. The van der Waals surface area contributed by atoms with Crippen molar-refractivity contribution in [2.45, 2.75) is 31.0 Å². The molecule has 3 atom stereocenters. The van der Waals surface area contributed by atoms with Crippen LogP contribution in [-0.2, 0) is 30.6 Å². The molecule has 20 heteroatoms. The molecule has 0 radical (unpaired) electrons. The lowest BCUT2D eigenvalue weighted by Crippen LogP contribution is -2.71. The topological polar surface area (TPSA) is 249 Å². The number of likely N-dealkylation sites (N-methyl/N-ethyl adjacent to an activating group) is 1. The number of fused-ring (bicyclic) bond motifs is 2. The molecule has 0 saturated carbocycles. The van der Waals surface area contributed by atoms with Gasteiger partial charge in [0.15, 0.2) is 29.8 Å². The number of β-lactam (4-membered cyclic amide) rings is 1. The molecule has 1 saturated heterocycles. The number of anilines is 2. The highest BCUT2D eigenvalue weighted by Gasteiger charge is 2.53. The molecule has 2 amide bonds. The number of amides is 2. The number of carboxylic acids is 2. The van der Waals surface area contributed by atoms with Crippen molar-refractivity contribution in [3.05, 3.63) is 39.8 Å². The van der Waals surface area contributed by atoms with E-state index >= 15 is 0 Å². The lowest BCUT2D eigenvalue weighted by atomic mass is 10.0. The maximum Gasteiger partial charge on any atom is 0.347 e. The fraction of sp³-hybridized carbons (Fsp3) is 0.360. The van der Waals surface area contributed by atoms with Crippen molar-refractivity contribution >= 4 is 86.3 Å². The summed E-state index contributed by atoms with van der Waals surface area (Å²) in [5, 5.41) is 26.8. The zero-order valence-electron chi connectivity index (χ0n) is 23.7. The minimum atomic E-state index is -1.54. The van der Waals surface area contributed by atoms with Crippen LogP contribution in [0.15, 0.2) is 34.9 Å². The Kier molecular flexibility index (Phi) is 9.14. The van der Waals surface area contributed by atoms with Crippen LogP contribution in [0.3, 0.4) is 0 Å². The number of carbonyl (C=O) groups excluding carboxylic acids is 3. The van der Waals surface area contributed by atoms with Crippen LogP contribution >= 0.6 is 34.7 Å². The summed E-state index contributed by atoms with van der Waals surface area (Å²) in [5.41, 5.74) is 12.2. The van der Waals surface area contributed by atoms with Gasteiger partial charge >= 0.3 is 5.97 Å². The second-order valence-electron chi connectivity index (χ2n) is 9.99. The normalized spacial score (nSPS) is 18.8.